The summed E-state index contributed by atoms with van der Waals surface area (Å²) in [4.78, 5) is 24.6. The summed E-state index contributed by atoms with van der Waals surface area (Å²) in [6.07, 6.45) is 1.71. The van der Waals surface area contributed by atoms with Crippen LogP contribution in [0.15, 0.2) is 0 Å². The minimum absolute atomic E-state index is 0.0564. The van der Waals surface area contributed by atoms with Crippen molar-refractivity contribution in [3.8, 4) is 0 Å². The summed E-state index contributed by atoms with van der Waals surface area (Å²) < 4.78 is 5.37. The van der Waals surface area contributed by atoms with E-state index in [2.05, 4.69) is 0 Å². The van der Waals surface area contributed by atoms with Gasteiger partial charge in [0, 0.05) is 12.6 Å². The number of ether oxygens (including phenoxy) is 1. The van der Waals surface area contributed by atoms with E-state index in [0.717, 1.165) is 19.4 Å². The van der Waals surface area contributed by atoms with Gasteiger partial charge in [-0.2, -0.15) is 0 Å². The van der Waals surface area contributed by atoms with Crippen molar-refractivity contribution in [2.24, 2.45) is 11.8 Å². The van der Waals surface area contributed by atoms with Crippen LogP contribution in [0.2, 0.25) is 0 Å². The molecule has 2 aliphatic rings. The second-order valence-electron chi connectivity index (χ2n) is 6.40. The molecule has 1 N–H and O–H groups in total. The number of hydrogen-bond acceptors (Lipinski definition) is 3. The molecule has 5 heteroatoms. The number of carbonyl (C=O) groups is 2. The largest absolute Gasteiger partial charge is 0.481 e. The molecule has 3 unspecified atom stereocenters. The predicted octanol–water partition coefficient (Wildman–Crippen LogP) is 2.11. The third-order valence-corrected chi connectivity index (χ3v) is 3.68. The Kier molecular flexibility index (Phi) is 3.25. The molecule has 5 nitrogen and oxygen atoms in total. The first-order chi connectivity index (χ1) is 8.26. The molecule has 1 aliphatic heterocycles. The highest BCUT2D eigenvalue weighted by molar-refractivity contribution is 5.70. The number of amides is 1. The predicted molar refractivity (Wildman–Crippen MR) is 65.2 cm³/mol. The van der Waals surface area contributed by atoms with Gasteiger partial charge in [0.25, 0.3) is 0 Å². The molecular weight excluding hydrogens is 234 g/mol. The Morgan fingerprint density at radius 3 is 2.50 bits per heavy atom. The van der Waals surface area contributed by atoms with Gasteiger partial charge in [0.1, 0.15) is 5.60 Å². The Hall–Kier alpha value is -1.26. The molecule has 0 aromatic carbocycles. The number of fused-ring (bicyclic) bond motifs is 2. The van der Waals surface area contributed by atoms with Crippen molar-refractivity contribution in [3.63, 3.8) is 0 Å². The zero-order valence-corrected chi connectivity index (χ0v) is 11.2. The summed E-state index contributed by atoms with van der Waals surface area (Å²) in [6, 6.07) is 0.0564. The number of carbonyl (C=O) groups excluding carboxylic acids is 1. The Morgan fingerprint density at radius 1 is 1.33 bits per heavy atom. The Balaban J connectivity index is 1.99. The maximum Gasteiger partial charge on any atom is 0.410 e. The topological polar surface area (TPSA) is 66.8 Å². The fourth-order valence-electron chi connectivity index (χ4n) is 3.13. The van der Waals surface area contributed by atoms with Gasteiger partial charge in [-0.3, -0.25) is 4.79 Å². The molecule has 0 radical (unpaired) electrons. The van der Waals surface area contributed by atoms with Crippen molar-refractivity contribution in [2.75, 3.05) is 6.54 Å². The fraction of sp³-hybridized carbons (Fsp3) is 0.846. The first kappa shape index (κ1) is 13.2. The first-order valence-corrected chi connectivity index (χ1v) is 6.47. The van der Waals surface area contributed by atoms with E-state index in [1.54, 1.807) is 4.90 Å². The number of likely N-dealkylation sites (tertiary alicyclic amines) is 1. The summed E-state index contributed by atoms with van der Waals surface area (Å²) in [6.45, 7) is 6.24. The SMILES string of the molecule is CC(C)(C)OC(=O)N1CC2CC(CC(=O)O)C1C2. The molecule has 3 atom stereocenters. The van der Waals surface area contributed by atoms with Crippen LogP contribution in [-0.4, -0.2) is 40.3 Å². The lowest BCUT2D eigenvalue weighted by molar-refractivity contribution is -0.138. The van der Waals surface area contributed by atoms with E-state index in [4.69, 9.17) is 9.84 Å². The highest BCUT2D eigenvalue weighted by Gasteiger charge is 2.48. The number of carboxylic acids is 1. The highest BCUT2D eigenvalue weighted by atomic mass is 16.6. The Labute approximate surface area is 107 Å². The van der Waals surface area contributed by atoms with Crippen LogP contribution in [0.3, 0.4) is 0 Å². The van der Waals surface area contributed by atoms with E-state index in [9.17, 15) is 9.59 Å². The molecule has 0 aromatic heterocycles. The van der Waals surface area contributed by atoms with E-state index >= 15 is 0 Å². The molecule has 2 rings (SSSR count). The lowest BCUT2D eigenvalue weighted by atomic mass is 9.95. The van der Waals surface area contributed by atoms with Crippen LogP contribution in [0.1, 0.15) is 40.0 Å². The molecule has 2 bridgehead atoms. The lowest BCUT2D eigenvalue weighted by Gasteiger charge is -2.34. The second-order valence-corrected chi connectivity index (χ2v) is 6.40. The molecule has 1 heterocycles. The number of carboxylic acid groups (broad SMARTS) is 1. The van der Waals surface area contributed by atoms with Gasteiger partial charge in [-0.05, 0) is 45.4 Å². The molecule has 2 fully saturated rings. The maximum atomic E-state index is 12.0. The fourth-order valence-corrected chi connectivity index (χ4v) is 3.13. The minimum Gasteiger partial charge on any atom is -0.481 e. The zero-order valence-electron chi connectivity index (χ0n) is 11.2. The van der Waals surface area contributed by atoms with Crippen LogP contribution in [0.4, 0.5) is 4.79 Å². The number of aliphatic carboxylic acids is 1. The van der Waals surface area contributed by atoms with E-state index in [-0.39, 0.29) is 24.5 Å². The molecule has 18 heavy (non-hydrogen) atoms. The number of hydrogen-bond donors (Lipinski definition) is 1. The van der Waals surface area contributed by atoms with Crippen LogP contribution < -0.4 is 0 Å². The van der Waals surface area contributed by atoms with Crippen molar-refractivity contribution in [1.29, 1.82) is 0 Å². The molecule has 1 saturated heterocycles. The number of piperidine rings is 1. The molecule has 102 valence electrons. The van der Waals surface area contributed by atoms with Crippen LogP contribution >= 0.6 is 0 Å². The summed E-state index contributed by atoms with van der Waals surface area (Å²) >= 11 is 0. The highest BCUT2D eigenvalue weighted by Crippen LogP contribution is 2.43. The summed E-state index contributed by atoms with van der Waals surface area (Å²) in [5.74, 6) is -0.239. The number of rotatable bonds is 2. The third kappa shape index (κ3) is 2.76. The van der Waals surface area contributed by atoms with Crippen LogP contribution in [0.25, 0.3) is 0 Å². The lowest BCUT2D eigenvalue weighted by Crippen LogP contribution is -2.45. The summed E-state index contributed by atoms with van der Waals surface area (Å²) in [5, 5.41) is 8.88. The molecular formula is C13H21NO4. The first-order valence-electron chi connectivity index (χ1n) is 6.47. The average Bonchev–Trinajstić information content (AvgIpc) is 2.72. The van der Waals surface area contributed by atoms with Gasteiger partial charge in [-0.25, -0.2) is 4.79 Å². The van der Waals surface area contributed by atoms with Gasteiger partial charge >= 0.3 is 12.1 Å². The molecule has 0 aromatic rings. The third-order valence-electron chi connectivity index (χ3n) is 3.68. The van der Waals surface area contributed by atoms with Gasteiger partial charge < -0.3 is 14.7 Å². The molecule has 0 spiro atoms. The zero-order chi connectivity index (χ0) is 13.5. The number of nitrogens with zero attached hydrogens (tertiary/aromatic N) is 1. The van der Waals surface area contributed by atoms with Gasteiger partial charge in [-0.1, -0.05) is 0 Å². The van der Waals surface area contributed by atoms with Crippen molar-refractivity contribution < 1.29 is 19.4 Å². The quantitative estimate of drug-likeness (QED) is 0.820. The minimum atomic E-state index is -0.781. The Morgan fingerprint density at radius 2 is 2.00 bits per heavy atom. The van der Waals surface area contributed by atoms with Gasteiger partial charge in [0.2, 0.25) is 0 Å². The molecule has 1 aliphatic carbocycles. The van der Waals surface area contributed by atoms with Crippen molar-refractivity contribution in [3.05, 3.63) is 0 Å². The summed E-state index contributed by atoms with van der Waals surface area (Å²) in [5.41, 5.74) is -0.499. The van der Waals surface area contributed by atoms with Gasteiger partial charge in [0.05, 0.1) is 6.42 Å². The van der Waals surface area contributed by atoms with Crippen LogP contribution in [0, 0.1) is 11.8 Å². The van der Waals surface area contributed by atoms with Crippen LogP contribution in [-0.2, 0) is 9.53 Å². The molecule has 1 saturated carbocycles. The normalized spacial score (nSPS) is 30.6. The standard InChI is InChI=1S/C13H21NO4/c1-13(2,3)18-12(17)14-7-8-4-9(6-11(15)16)10(14)5-8/h8-10H,4-7H2,1-3H3,(H,15,16). The van der Waals surface area contributed by atoms with Crippen LogP contribution in [0.5, 0.6) is 0 Å². The van der Waals surface area contributed by atoms with E-state index in [1.807, 2.05) is 20.8 Å². The molecule has 1 amide bonds. The van der Waals surface area contributed by atoms with Crippen molar-refractivity contribution >= 4 is 12.1 Å². The van der Waals surface area contributed by atoms with Gasteiger partial charge in [-0.15, -0.1) is 0 Å². The van der Waals surface area contributed by atoms with E-state index < -0.39 is 11.6 Å². The average molecular weight is 255 g/mol. The van der Waals surface area contributed by atoms with Crippen molar-refractivity contribution in [2.45, 2.75) is 51.7 Å². The second kappa shape index (κ2) is 4.44. The van der Waals surface area contributed by atoms with Crippen molar-refractivity contribution in [1.82, 2.24) is 4.90 Å². The maximum absolute atomic E-state index is 12.0. The van der Waals surface area contributed by atoms with E-state index in [0.29, 0.717) is 5.92 Å². The summed E-state index contributed by atoms with van der Waals surface area (Å²) in [7, 11) is 0. The van der Waals surface area contributed by atoms with E-state index in [1.165, 1.54) is 0 Å². The van der Waals surface area contributed by atoms with Gasteiger partial charge in [0.15, 0.2) is 0 Å². The monoisotopic (exact) mass is 255 g/mol. The smallest absolute Gasteiger partial charge is 0.410 e. The Bertz CT molecular complexity index is 360.